The first-order chi connectivity index (χ1) is 11.4. The molecule has 3 rings (SSSR count). The maximum absolute atomic E-state index is 13.0. The molecule has 11 heteroatoms. The largest absolute Gasteiger partial charge is 0.406 e. The highest BCUT2D eigenvalue weighted by Gasteiger charge is 2.31. The van der Waals surface area contributed by atoms with Gasteiger partial charge in [-0.25, -0.2) is 9.97 Å². The number of aromatic nitrogens is 6. The highest BCUT2D eigenvalue weighted by molar-refractivity contribution is 7.99. The SMILES string of the molecule is FC(F)(F)Cn1c(Sc2ncncc2Cl)nnc1-c1ccncc1. The van der Waals surface area contributed by atoms with Crippen molar-refractivity contribution < 1.29 is 13.2 Å². The van der Waals surface area contributed by atoms with Gasteiger partial charge in [-0.1, -0.05) is 11.6 Å². The fraction of sp³-hybridized carbons (Fsp3) is 0.154. The Kier molecular flexibility index (Phi) is 4.67. The van der Waals surface area contributed by atoms with Crippen molar-refractivity contribution in [1.29, 1.82) is 0 Å². The van der Waals surface area contributed by atoms with Crippen LogP contribution in [0.4, 0.5) is 13.2 Å². The molecule has 24 heavy (non-hydrogen) atoms. The van der Waals surface area contributed by atoms with Crippen molar-refractivity contribution >= 4 is 23.4 Å². The van der Waals surface area contributed by atoms with Crippen LogP contribution in [0.1, 0.15) is 0 Å². The van der Waals surface area contributed by atoms with E-state index in [4.69, 9.17) is 11.6 Å². The minimum absolute atomic E-state index is 0.0275. The molecule has 0 saturated carbocycles. The first-order valence-corrected chi connectivity index (χ1v) is 7.67. The Balaban J connectivity index is 2.03. The van der Waals surface area contributed by atoms with E-state index in [2.05, 4.69) is 25.1 Å². The number of nitrogens with zero attached hydrogens (tertiary/aromatic N) is 6. The Bertz CT molecular complexity index is 839. The van der Waals surface area contributed by atoms with Crippen LogP contribution in [-0.2, 0) is 6.54 Å². The van der Waals surface area contributed by atoms with E-state index in [0.717, 1.165) is 16.3 Å². The second-order valence-electron chi connectivity index (χ2n) is 4.52. The zero-order valence-corrected chi connectivity index (χ0v) is 13.3. The molecule has 0 bridgehead atoms. The molecule has 0 aliphatic carbocycles. The summed E-state index contributed by atoms with van der Waals surface area (Å²) < 4.78 is 39.9. The first-order valence-electron chi connectivity index (χ1n) is 6.48. The standard InChI is InChI=1S/C13H8ClF3N6S/c14-9-5-19-7-20-11(9)24-12-22-21-10(8-1-3-18-4-2-8)23(12)6-13(15,16)17/h1-5,7H,6H2. The van der Waals surface area contributed by atoms with Crippen molar-refractivity contribution in [3.05, 3.63) is 42.1 Å². The lowest BCUT2D eigenvalue weighted by atomic mass is 10.2. The smallest absolute Gasteiger partial charge is 0.293 e. The lowest BCUT2D eigenvalue weighted by Gasteiger charge is -2.12. The van der Waals surface area contributed by atoms with Crippen molar-refractivity contribution in [2.75, 3.05) is 0 Å². The normalized spacial score (nSPS) is 11.7. The van der Waals surface area contributed by atoms with Crippen LogP contribution in [0.2, 0.25) is 5.02 Å². The molecule has 0 N–H and O–H groups in total. The molecule has 6 nitrogen and oxygen atoms in total. The van der Waals surface area contributed by atoms with Gasteiger partial charge in [0.2, 0.25) is 0 Å². The third kappa shape index (κ3) is 3.82. The number of hydrogen-bond donors (Lipinski definition) is 0. The number of rotatable bonds is 4. The molecule has 3 aromatic rings. The predicted octanol–water partition coefficient (Wildman–Crippen LogP) is 3.50. The molecule has 0 unspecified atom stereocenters. The molecule has 0 fully saturated rings. The molecule has 0 aliphatic rings. The van der Waals surface area contributed by atoms with Gasteiger partial charge < -0.3 is 0 Å². The second-order valence-corrected chi connectivity index (χ2v) is 5.88. The van der Waals surface area contributed by atoms with E-state index in [1.54, 1.807) is 12.1 Å². The number of pyridine rings is 1. The highest BCUT2D eigenvalue weighted by atomic mass is 35.5. The minimum atomic E-state index is -4.44. The molecule has 0 radical (unpaired) electrons. The minimum Gasteiger partial charge on any atom is -0.293 e. The maximum atomic E-state index is 13.0. The summed E-state index contributed by atoms with van der Waals surface area (Å²) in [6.07, 6.45) is 1.11. The predicted molar refractivity (Wildman–Crippen MR) is 80.5 cm³/mol. The summed E-state index contributed by atoms with van der Waals surface area (Å²) in [4.78, 5) is 11.5. The van der Waals surface area contributed by atoms with E-state index >= 15 is 0 Å². The van der Waals surface area contributed by atoms with Crippen LogP contribution < -0.4 is 0 Å². The molecule has 0 saturated heterocycles. The summed E-state index contributed by atoms with van der Waals surface area (Å²) in [5.41, 5.74) is 0.474. The molecular weight excluding hydrogens is 365 g/mol. The Morgan fingerprint density at radius 3 is 2.54 bits per heavy atom. The van der Waals surface area contributed by atoms with Gasteiger partial charge >= 0.3 is 6.18 Å². The van der Waals surface area contributed by atoms with Crippen molar-refractivity contribution in [3.63, 3.8) is 0 Å². The summed E-state index contributed by atoms with van der Waals surface area (Å²) in [6.45, 7) is -1.23. The third-order valence-electron chi connectivity index (χ3n) is 2.81. The van der Waals surface area contributed by atoms with E-state index in [9.17, 15) is 13.2 Å². The summed E-state index contributed by atoms with van der Waals surface area (Å²) in [5, 5.41) is 8.26. The van der Waals surface area contributed by atoms with Crippen LogP contribution in [0.25, 0.3) is 11.4 Å². The molecule has 0 atom stereocenters. The fourth-order valence-electron chi connectivity index (χ4n) is 1.86. The lowest BCUT2D eigenvalue weighted by molar-refractivity contribution is -0.141. The number of alkyl halides is 3. The van der Waals surface area contributed by atoms with Crippen LogP contribution in [0, 0.1) is 0 Å². The van der Waals surface area contributed by atoms with Crippen LogP contribution in [-0.4, -0.2) is 35.9 Å². The van der Waals surface area contributed by atoms with Gasteiger partial charge in [0, 0.05) is 18.0 Å². The van der Waals surface area contributed by atoms with Crippen molar-refractivity contribution in [3.8, 4) is 11.4 Å². The van der Waals surface area contributed by atoms with Crippen molar-refractivity contribution in [2.24, 2.45) is 0 Å². The van der Waals surface area contributed by atoms with Gasteiger partial charge in [-0.3, -0.25) is 9.55 Å². The Morgan fingerprint density at radius 2 is 1.88 bits per heavy atom. The van der Waals surface area contributed by atoms with Gasteiger partial charge in [-0.05, 0) is 23.9 Å². The fourth-order valence-corrected chi connectivity index (χ4v) is 2.85. The first kappa shape index (κ1) is 16.7. The van der Waals surface area contributed by atoms with Gasteiger partial charge in [0.05, 0.1) is 11.2 Å². The van der Waals surface area contributed by atoms with Gasteiger partial charge in [0.25, 0.3) is 0 Å². The number of hydrogen-bond acceptors (Lipinski definition) is 6. The Hall–Kier alpha value is -2.20. The quantitative estimate of drug-likeness (QED) is 0.653. The van der Waals surface area contributed by atoms with Gasteiger partial charge in [-0.2, -0.15) is 13.2 Å². The van der Waals surface area contributed by atoms with Crippen molar-refractivity contribution in [1.82, 2.24) is 29.7 Å². The average molecular weight is 373 g/mol. The molecular formula is C13H8ClF3N6S. The lowest BCUT2D eigenvalue weighted by Crippen LogP contribution is -2.19. The van der Waals surface area contributed by atoms with Gasteiger partial charge in [0.1, 0.15) is 17.9 Å². The average Bonchev–Trinajstić information content (AvgIpc) is 2.91. The molecule has 0 aliphatic heterocycles. The maximum Gasteiger partial charge on any atom is 0.406 e. The zero-order valence-electron chi connectivity index (χ0n) is 11.8. The van der Waals surface area contributed by atoms with Crippen LogP contribution in [0.15, 0.2) is 47.2 Å². The van der Waals surface area contributed by atoms with Crippen LogP contribution in [0.5, 0.6) is 0 Å². The van der Waals surface area contributed by atoms with E-state index in [-0.39, 0.29) is 16.0 Å². The highest BCUT2D eigenvalue weighted by Crippen LogP contribution is 2.33. The molecule has 124 valence electrons. The molecule has 0 amide bonds. The van der Waals surface area contributed by atoms with Crippen LogP contribution in [0.3, 0.4) is 0 Å². The van der Waals surface area contributed by atoms with Crippen molar-refractivity contribution in [2.45, 2.75) is 22.9 Å². The Morgan fingerprint density at radius 1 is 1.12 bits per heavy atom. The Labute approximate surface area is 143 Å². The third-order valence-corrected chi connectivity index (χ3v) is 4.21. The summed E-state index contributed by atoms with van der Waals surface area (Å²) >= 11 is 6.84. The summed E-state index contributed by atoms with van der Waals surface area (Å²) in [7, 11) is 0. The van der Waals surface area contributed by atoms with E-state index < -0.39 is 12.7 Å². The van der Waals surface area contributed by atoms with E-state index in [1.807, 2.05) is 0 Å². The molecule has 0 spiro atoms. The van der Waals surface area contributed by atoms with Crippen LogP contribution >= 0.6 is 23.4 Å². The van der Waals surface area contributed by atoms with E-state index in [0.29, 0.717) is 10.6 Å². The molecule has 3 aromatic heterocycles. The number of halogens is 4. The van der Waals surface area contributed by atoms with E-state index in [1.165, 1.54) is 24.9 Å². The summed E-state index contributed by atoms with van der Waals surface area (Å²) in [6, 6.07) is 3.12. The summed E-state index contributed by atoms with van der Waals surface area (Å²) in [5.74, 6) is 0.0856. The van der Waals surface area contributed by atoms with Gasteiger partial charge in [-0.15, -0.1) is 10.2 Å². The monoisotopic (exact) mass is 372 g/mol. The second kappa shape index (κ2) is 6.73. The molecule has 3 heterocycles. The van der Waals surface area contributed by atoms with Gasteiger partial charge in [0.15, 0.2) is 11.0 Å². The molecule has 0 aromatic carbocycles. The topological polar surface area (TPSA) is 69.4 Å². The zero-order chi connectivity index (χ0) is 17.2.